The molecule has 8 nitrogen and oxygen atoms in total. The minimum Gasteiger partial charge on any atom is -0.480 e. The van der Waals surface area contributed by atoms with Crippen LogP contribution in [0.1, 0.15) is 30.3 Å². The van der Waals surface area contributed by atoms with Crippen LogP contribution >= 0.6 is 0 Å². The van der Waals surface area contributed by atoms with Crippen LogP contribution in [0.4, 0.5) is 0 Å². The first-order valence-corrected chi connectivity index (χ1v) is 10.4. The van der Waals surface area contributed by atoms with Crippen molar-refractivity contribution in [3.05, 3.63) is 36.1 Å². The molecule has 1 aliphatic heterocycles. The summed E-state index contributed by atoms with van der Waals surface area (Å²) in [4.78, 5) is 25.5. The number of furan rings is 1. The number of carboxylic acid groups (broad SMARTS) is 1. The zero-order valence-corrected chi connectivity index (χ0v) is 15.8. The molecule has 0 bridgehead atoms. The van der Waals surface area contributed by atoms with Crippen LogP contribution in [0.5, 0.6) is 0 Å². The molecule has 0 spiro atoms. The Labute approximate surface area is 157 Å². The number of piperidine rings is 1. The Morgan fingerprint density at radius 3 is 2.52 bits per heavy atom. The van der Waals surface area contributed by atoms with Gasteiger partial charge >= 0.3 is 5.97 Å². The summed E-state index contributed by atoms with van der Waals surface area (Å²) in [6.45, 7) is 1.67. The van der Waals surface area contributed by atoms with Gasteiger partial charge in [-0.25, -0.2) is 12.7 Å². The smallest absolute Gasteiger partial charge is 0.323 e. The van der Waals surface area contributed by atoms with Crippen LogP contribution in [0.3, 0.4) is 0 Å². The van der Waals surface area contributed by atoms with Crippen LogP contribution in [0.15, 0.2) is 34.7 Å². The number of carboxylic acids is 1. The highest BCUT2D eigenvalue weighted by Crippen LogP contribution is 2.24. The van der Waals surface area contributed by atoms with Gasteiger partial charge in [0.05, 0.1) is 5.75 Å². The first-order chi connectivity index (χ1) is 12.8. The van der Waals surface area contributed by atoms with E-state index >= 15 is 0 Å². The lowest BCUT2D eigenvalue weighted by Crippen LogP contribution is -2.50. The van der Waals surface area contributed by atoms with Crippen molar-refractivity contribution in [3.63, 3.8) is 0 Å². The van der Waals surface area contributed by atoms with Gasteiger partial charge in [0.25, 0.3) is 5.91 Å². The van der Waals surface area contributed by atoms with E-state index in [0.717, 1.165) is 5.39 Å². The number of hydrogen-bond donors (Lipinski definition) is 1. The zero-order chi connectivity index (χ0) is 19.6. The van der Waals surface area contributed by atoms with Gasteiger partial charge in [0.15, 0.2) is 5.76 Å². The van der Waals surface area contributed by atoms with Crippen molar-refractivity contribution in [1.82, 2.24) is 9.21 Å². The number of aliphatic carboxylic acids is 1. The number of amides is 1. The second-order valence-corrected chi connectivity index (χ2v) is 8.76. The molecule has 9 heteroatoms. The van der Waals surface area contributed by atoms with E-state index in [1.165, 1.54) is 9.21 Å². The van der Waals surface area contributed by atoms with Gasteiger partial charge in [-0.05, 0) is 31.9 Å². The molecule has 2 heterocycles. The molecule has 1 saturated heterocycles. The number of hydrogen-bond acceptors (Lipinski definition) is 5. The summed E-state index contributed by atoms with van der Waals surface area (Å²) in [5.41, 5.74) is 0.556. The molecular weight excluding hydrogens is 372 g/mol. The highest BCUT2D eigenvalue weighted by molar-refractivity contribution is 7.89. The van der Waals surface area contributed by atoms with E-state index in [2.05, 4.69) is 0 Å². The fourth-order valence-electron chi connectivity index (χ4n) is 3.36. The lowest BCUT2D eigenvalue weighted by atomic mass is 10.0. The highest BCUT2D eigenvalue weighted by atomic mass is 32.2. The Balaban J connectivity index is 1.80. The number of sulfonamides is 1. The molecule has 0 saturated carbocycles. The van der Waals surface area contributed by atoms with Crippen LogP contribution in [0.2, 0.25) is 0 Å². The van der Waals surface area contributed by atoms with Gasteiger partial charge < -0.3 is 14.4 Å². The van der Waals surface area contributed by atoms with Gasteiger partial charge in [-0.2, -0.15) is 0 Å². The Bertz CT molecular complexity index is 911. The number of para-hydroxylation sites is 1. The summed E-state index contributed by atoms with van der Waals surface area (Å²) in [7, 11) is -3.29. The van der Waals surface area contributed by atoms with Crippen LogP contribution in [0, 0.1) is 0 Å². The summed E-state index contributed by atoms with van der Waals surface area (Å²) in [6.07, 6.45) is 0.775. The summed E-state index contributed by atoms with van der Waals surface area (Å²) in [5.74, 6) is -1.51. The average Bonchev–Trinajstić information content (AvgIpc) is 3.10. The molecule has 2 aromatic rings. The summed E-state index contributed by atoms with van der Waals surface area (Å²) >= 11 is 0. The molecule has 0 radical (unpaired) electrons. The molecular formula is C18H22N2O6S. The fraction of sp³-hybridized carbons (Fsp3) is 0.444. The predicted molar refractivity (Wildman–Crippen MR) is 98.9 cm³/mol. The third-order valence-corrected chi connectivity index (χ3v) is 6.71. The molecule has 0 aliphatic carbocycles. The van der Waals surface area contributed by atoms with Crippen molar-refractivity contribution >= 4 is 32.9 Å². The second-order valence-electron chi connectivity index (χ2n) is 6.51. The summed E-state index contributed by atoms with van der Waals surface area (Å²) < 4.78 is 31.0. The third kappa shape index (κ3) is 4.14. The van der Waals surface area contributed by atoms with Gasteiger partial charge in [-0.3, -0.25) is 9.59 Å². The van der Waals surface area contributed by atoms with E-state index in [4.69, 9.17) is 4.42 Å². The molecule has 1 aromatic carbocycles. The average molecular weight is 394 g/mol. The Morgan fingerprint density at radius 1 is 1.26 bits per heavy atom. The van der Waals surface area contributed by atoms with Gasteiger partial charge in [0, 0.05) is 24.5 Å². The van der Waals surface area contributed by atoms with Gasteiger partial charge in [0.1, 0.15) is 12.1 Å². The molecule has 0 unspecified atom stereocenters. The minimum atomic E-state index is -3.29. The van der Waals surface area contributed by atoms with Crippen LogP contribution in [-0.2, 0) is 14.8 Å². The molecule has 1 fully saturated rings. The second kappa shape index (κ2) is 7.69. The number of carbonyl (C=O) groups is 2. The van der Waals surface area contributed by atoms with Gasteiger partial charge in [-0.1, -0.05) is 18.2 Å². The number of nitrogens with zero attached hydrogens (tertiary/aromatic N) is 2. The molecule has 3 rings (SSSR count). The van der Waals surface area contributed by atoms with E-state index < -0.39 is 28.4 Å². The van der Waals surface area contributed by atoms with Crippen LogP contribution in [0.25, 0.3) is 11.0 Å². The Morgan fingerprint density at radius 2 is 1.93 bits per heavy atom. The normalized spacial score (nSPS) is 16.5. The van der Waals surface area contributed by atoms with Crippen molar-refractivity contribution in [1.29, 1.82) is 0 Å². The number of rotatable bonds is 6. The zero-order valence-electron chi connectivity index (χ0n) is 15.0. The predicted octanol–water partition coefficient (Wildman–Crippen LogP) is 1.77. The maximum Gasteiger partial charge on any atom is 0.323 e. The van der Waals surface area contributed by atoms with Crippen molar-refractivity contribution in [2.45, 2.75) is 25.8 Å². The Kier molecular flexibility index (Phi) is 5.52. The lowest BCUT2D eigenvalue weighted by molar-refractivity contribution is -0.138. The minimum absolute atomic E-state index is 0.0222. The largest absolute Gasteiger partial charge is 0.480 e. The van der Waals surface area contributed by atoms with Crippen LogP contribution in [-0.4, -0.2) is 66.0 Å². The molecule has 1 aromatic heterocycles. The monoisotopic (exact) mass is 394 g/mol. The maximum absolute atomic E-state index is 12.9. The van der Waals surface area contributed by atoms with Crippen molar-refractivity contribution in [2.24, 2.45) is 0 Å². The van der Waals surface area contributed by atoms with E-state index in [9.17, 15) is 23.1 Å². The van der Waals surface area contributed by atoms with E-state index in [-0.39, 0.29) is 30.6 Å². The summed E-state index contributed by atoms with van der Waals surface area (Å²) in [6, 6.07) is 8.41. The molecule has 27 heavy (non-hydrogen) atoms. The number of carbonyl (C=O) groups excluding carboxylic acids is 1. The maximum atomic E-state index is 12.9. The fourth-order valence-corrected chi connectivity index (χ4v) is 4.49. The lowest BCUT2D eigenvalue weighted by Gasteiger charge is -2.36. The SMILES string of the molecule is CCS(=O)(=O)N1CCC(N(CC(=O)O)C(=O)c2cc3ccccc3o2)CC1. The first kappa shape index (κ1) is 19.4. The van der Waals surface area contributed by atoms with Crippen molar-refractivity contribution < 1.29 is 27.5 Å². The van der Waals surface area contributed by atoms with Crippen LogP contribution < -0.4 is 0 Å². The van der Waals surface area contributed by atoms with Gasteiger partial charge in [0.2, 0.25) is 10.0 Å². The Hall–Kier alpha value is -2.39. The standard InChI is InChI=1S/C18H22N2O6S/c1-2-27(24,25)19-9-7-14(8-10-19)20(12-17(21)22)18(23)16-11-13-5-3-4-6-15(13)26-16/h3-6,11,14H,2,7-10,12H2,1H3,(H,21,22). The van der Waals surface area contributed by atoms with Crippen molar-refractivity contribution in [2.75, 3.05) is 25.4 Å². The number of fused-ring (bicyclic) bond motifs is 1. The van der Waals surface area contributed by atoms with Gasteiger partial charge in [-0.15, -0.1) is 0 Å². The quantitative estimate of drug-likeness (QED) is 0.800. The summed E-state index contributed by atoms with van der Waals surface area (Å²) in [5, 5.41) is 10.0. The third-order valence-electron chi connectivity index (χ3n) is 4.83. The van der Waals surface area contributed by atoms with Crippen molar-refractivity contribution in [3.8, 4) is 0 Å². The molecule has 0 atom stereocenters. The topological polar surface area (TPSA) is 108 Å². The molecule has 146 valence electrons. The van der Waals surface area contributed by atoms with E-state index in [1.807, 2.05) is 12.1 Å². The van der Waals surface area contributed by atoms with E-state index in [0.29, 0.717) is 18.4 Å². The first-order valence-electron chi connectivity index (χ1n) is 8.81. The molecule has 1 aliphatic rings. The number of benzene rings is 1. The molecule has 1 amide bonds. The highest BCUT2D eigenvalue weighted by Gasteiger charge is 2.34. The molecule has 1 N–H and O–H groups in total. The van der Waals surface area contributed by atoms with E-state index in [1.54, 1.807) is 25.1 Å².